The molecule has 2 nitrogen and oxygen atoms in total. The highest BCUT2D eigenvalue weighted by Gasteiger charge is 2.49. The van der Waals surface area contributed by atoms with Crippen LogP contribution in [0.15, 0.2) is 0 Å². The van der Waals surface area contributed by atoms with Gasteiger partial charge in [0, 0.05) is 0 Å². The van der Waals surface area contributed by atoms with Crippen molar-refractivity contribution in [1.82, 2.24) is 4.90 Å². The van der Waals surface area contributed by atoms with Gasteiger partial charge in [-0.15, -0.1) is 0 Å². The maximum Gasteiger partial charge on any atom is 0.404 e. The summed E-state index contributed by atoms with van der Waals surface area (Å²) in [5, 5.41) is 0. The molecule has 5 heteroatoms. The third-order valence-electron chi connectivity index (χ3n) is 2.41. The van der Waals surface area contributed by atoms with Gasteiger partial charge < -0.3 is 5.73 Å². The van der Waals surface area contributed by atoms with Crippen LogP contribution in [0.1, 0.15) is 6.42 Å². The Labute approximate surface area is 69.5 Å². The summed E-state index contributed by atoms with van der Waals surface area (Å²) in [5.74, 6) is -0.421. The summed E-state index contributed by atoms with van der Waals surface area (Å²) < 4.78 is 37.1. The van der Waals surface area contributed by atoms with E-state index in [0.29, 0.717) is 13.0 Å². The van der Waals surface area contributed by atoms with Crippen molar-refractivity contribution in [2.24, 2.45) is 11.7 Å². The molecule has 0 unspecified atom stereocenters. The van der Waals surface area contributed by atoms with Crippen molar-refractivity contribution in [3.05, 3.63) is 0 Å². The van der Waals surface area contributed by atoms with Crippen LogP contribution in [0, 0.1) is 5.92 Å². The number of likely N-dealkylation sites (tertiary alicyclic amines) is 1. The zero-order valence-corrected chi connectivity index (χ0v) is 6.93. The fourth-order valence-corrected chi connectivity index (χ4v) is 1.79. The van der Waals surface area contributed by atoms with E-state index < -0.39 is 18.1 Å². The van der Waals surface area contributed by atoms with Crippen molar-refractivity contribution in [3.63, 3.8) is 0 Å². The van der Waals surface area contributed by atoms with Crippen LogP contribution in [0.25, 0.3) is 0 Å². The molecular weight excluding hydrogens is 169 g/mol. The Morgan fingerprint density at radius 1 is 1.50 bits per heavy atom. The van der Waals surface area contributed by atoms with E-state index in [1.807, 2.05) is 0 Å². The molecule has 0 aromatic heterocycles. The molecule has 72 valence electrons. The lowest BCUT2D eigenvalue weighted by Gasteiger charge is -2.26. The van der Waals surface area contributed by atoms with Gasteiger partial charge in [-0.3, -0.25) is 4.90 Å². The molecule has 0 aromatic carbocycles. The van der Waals surface area contributed by atoms with Gasteiger partial charge in [0.1, 0.15) is 6.04 Å². The van der Waals surface area contributed by atoms with Gasteiger partial charge in [-0.2, -0.15) is 13.2 Å². The Balaban J connectivity index is 2.70. The normalized spacial score (nSPS) is 32.8. The molecule has 0 bridgehead atoms. The van der Waals surface area contributed by atoms with E-state index in [1.54, 1.807) is 0 Å². The number of rotatable bonds is 1. The van der Waals surface area contributed by atoms with Crippen LogP contribution in [-0.4, -0.2) is 37.3 Å². The number of nitrogens with zero attached hydrogens (tertiary/aromatic N) is 1. The minimum absolute atomic E-state index is 0.120. The molecule has 1 heterocycles. The van der Waals surface area contributed by atoms with E-state index in [4.69, 9.17) is 5.73 Å². The molecule has 2 N–H and O–H groups in total. The summed E-state index contributed by atoms with van der Waals surface area (Å²) in [6.45, 7) is 0.612. The van der Waals surface area contributed by atoms with Crippen LogP contribution in [0.3, 0.4) is 0 Å². The molecular formula is C7H13F3N2. The highest BCUT2D eigenvalue weighted by atomic mass is 19.4. The van der Waals surface area contributed by atoms with Gasteiger partial charge in [0.05, 0.1) is 0 Å². The van der Waals surface area contributed by atoms with Crippen LogP contribution in [0.4, 0.5) is 13.2 Å². The fourth-order valence-electron chi connectivity index (χ4n) is 1.79. The van der Waals surface area contributed by atoms with Crippen LogP contribution in [0.2, 0.25) is 0 Å². The lowest BCUT2D eigenvalue weighted by molar-refractivity contribution is -0.181. The predicted octanol–water partition coefficient (Wildman–Crippen LogP) is 0.828. The van der Waals surface area contributed by atoms with Gasteiger partial charge in [0.2, 0.25) is 0 Å². The molecule has 12 heavy (non-hydrogen) atoms. The first-order valence-corrected chi connectivity index (χ1v) is 3.94. The summed E-state index contributed by atoms with van der Waals surface area (Å²) in [6, 6.07) is -1.33. The first-order chi connectivity index (χ1) is 5.46. The van der Waals surface area contributed by atoms with Crippen molar-refractivity contribution in [3.8, 4) is 0 Å². The smallest absolute Gasteiger partial charge is 0.330 e. The third-order valence-corrected chi connectivity index (χ3v) is 2.41. The zero-order valence-electron chi connectivity index (χ0n) is 6.93. The average molecular weight is 182 g/mol. The highest BCUT2D eigenvalue weighted by molar-refractivity contribution is 4.90. The average Bonchev–Trinajstić information content (AvgIpc) is 2.29. The van der Waals surface area contributed by atoms with Crippen molar-refractivity contribution >= 4 is 0 Å². The van der Waals surface area contributed by atoms with Gasteiger partial charge in [-0.05, 0) is 32.5 Å². The summed E-state index contributed by atoms with van der Waals surface area (Å²) in [7, 11) is 1.49. The molecule has 1 aliphatic heterocycles. The Kier molecular flexibility index (Phi) is 2.63. The maximum atomic E-state index is 12.4. The van der Waals surface area contributed by atoms with Crippen molar-refractivity contribution in [2.75, 3.05) is 20.1 Å². The van der Waals surface area contributed by atoms with E-state index >= 15 is 0 Å². The molecule has 1 saturated heterocycles. The third kappa shape index (κ3) is 1.72. The monoisotopic (exact) mass is 182 g/mol. The number of nitrogens with two attached hydrogens (primary N) is 1. The molecule has 0 radical (unpaired) electrons. The lowest BCUT2D eigenvalue weighted by Crippen LogP contribution is -2.44. The largest absolute Gasteiger partial charge is 0.404 e. The number of halogens is 3. The molecule has 0 amide bonds. The maximum absolute atomic E-state index is 12.4. The van der Waals surface area contributed by atoms with Gasteiger partial charge in [-0.1, -0.05) is 0 Å². The van der Waals surface area contributed by atoms with Crippen LogP contribution in [-0.2, 0) is 0 Å². The SMILES string of the molecule is CN1CC[C@@H](CN)[C@H]1C(F)(F)F. The molecule has 0 saturated carbocycles. The second-order valence-corrected chi connectivity index (χ2v) is 3.25. The van der Waals surface area contributed by atoms with Gasteiger partial charge in [-0.25, -0.2) is 0 Å². The van der Waals surface area contributed by atoms with Crippen LogP contribution < -0.4 is 5.73 Å². The molecule has 0 aliphatic carbocycles. The summed E-state index contributed by atoms with van der Waals surface area (Å²) in [4.78, 5) is 1.33. The summed E-state index contributed by atoms with van der Waals surface area (Å²) in [5.41, 5.74) is 5.26. The topological polar surface area (TPSA) is 29.3 Å². The lowest BCUT2D eigenvalue weighted by atomic mass is 10.0. The number of alkyl halides is 3. The zero-order chi connectivity index (χ0) is 9.35. The van der Waals surface area contributed by atoms with E-state index in [9.17, 15) is 13.2 Å². The van der Waals surface area contributed by atoms with Crippen LogP contribution >= 0.6 is 0 Å². The van der Waals surface area contributed by atoms with Gasteiger partial charge >= 0.3 is 6.18 Å². The van der Waals surface area contributed by atoms with E-state index in [0.717, 1.165) is 0 Å². The van der Waals surface area contributed by atoms with Crippen molar-refractivity contribution in [2.45, 2.75) is 18.6 Å². The van der Waals surface area contributed by atoms with Gasteiger partial charge in [0.15, 0.2) is 0 Å². The van der Waals surface area contributed by atoms with Crippen LogP contribution in [0.5, 0.6) is 0 Å². The highest BCUT2D eigenvalue weighted by Crippen LogP contribution is 2.34. The van der Waals surface area contributed by atoms with E-state index in [-0.39, 0.29) is 6.54 Å². The molecule has 0 aromatic rings. The summed E-state index contributed by atoms with van der Waals surface area (Å²) >= 11 is 0. The van der Waals surface area contributed by atoms with E-state index in [1.165, 1.54) is 11.9 Å². The first-order valence-electron chi connectivity index (χ1n) is 3.94. The Hall–Kier alpha value is -0.290. The quantitative estimate of drug-likeness (QED) is 0.650. The second kappa shape index (κ2) is 3.22. The summed E-state index contributed by atoms with van der Waals surface area (Å²) in [6.07, 6.45) is -3.58. The van der Waals surface area contributed by atoms with Crippen molar-refractivity contribution < 1.29 is 13.2 Å². The molecule has 1 rings (SSSR count). The molecule has 1 aliphatic rings. The Bertz CT molecular complexity index is 157. The molecule has 1 fully saturated rings. The fraction of sp³-hybridized carbons (Fsp3) is 1.00. The number of hydrogen-bond acceptors (Lipinski definition) is 2. The predicted molar refractivity (Wildman–Crippen MR) is 39.6 cm³/mol. The Morgan fingerprint density at radius 2 is 2.08 bits per heavy atom. The second-order valence-electron chi connectivity index (χ2n) is 3.25. The molecule has 2 atom stereocenters. The van der Waals surface area contributed by atoms with E-state index in [2.05, 4.69) is 0 Å². The first kappa shape index (κ1) is 9.80. The number of hydrogen-bond donors (Lipinski definition) is 1. The minimum Gasteiger partial charge on any atom is -0.330 e. The Morgan fingerprint density at radius 3 is 2.42 bits per heavy atom. The molecule has 0 spiro atoms. The standard InChI is InChI=1S/C7H13F3N2/c1-12-3-2-5(4-11)6(12)7(8,9)10/h5-6H,2-4,11H2,1H3/t5-,6-/m0/s1. The van der Waals surface area contributed by atoms with Gasteiger partial charge in [0.25, 0.3) is 0 Å². The van der Waals surface area contributed by atoms with Crippen molar-refractivity contribution in [1.29, 1.82) is 0 Å². The minimum atomic E-state index is -4.13.